The Labute approximate surface area is 119 Å². The number of para-hydroxylation sites is 1. The second kappa shape index (κ2) is 6.26. The maximum atomic E-state index is 12.1. The van der Waals surface area contributed by atoms with Gasteiger partial charge in [-0.3, -0.25) is 4.79 Å². The SMILES string of the molecule is CCCS(=O)(=O)c1ccccc1NCC(=O)NC1CC1. The molecular weight excluding hydrogens is 276 g/mol. The number of rotatable bonds is 7. The van der Waals surface area contributed by atoms with Crippen molar-refractivity contribution in [3.8, 4) is 0 Å². The molecule has 6 heteroatoms. The zero-order valence-electron chi connectivity index (χ0n) is 11.6. The third-order valence-corrected chi connectivity index (χ3v) is 5.05. The molecule has 2 rings (SSSR count). The summed E-state index contributed by atoms with van der Waals surface area (Å²) < 4.78 is 24.3. The van der Waals surface area contributed by atoms with Crippen LogP contribution in [0.25, 0.3) is 0 Å². The fraction of sp³-hybridized carbons (Fsp3) is 0.500. The van der Waals surface area contributed by atoms with Crippen LogP contribution >= 0.6 is 0 Å². The fourth-order valence-corrected chi connectivity index (χ4v) is 3.46. The fourth-order valence-electron chi connectivity index (χ4n) is 1.94. The summed E-state index contributed by atoms with van der Waals surface area (Å²) in [4.78, 5) is 11.9. The van der Waals surface area contributed by atoms with Crippen LogP contribution in [0.3, 0.4) is 0 Å². The van der Waals surface area contributed by atoms with Gasteiger partial charge in [0.25, 0.3) is 0 Å². The van der Waals surface area contributed by atoms with E-state index in [1.807, 2.05) is 6.92 Å². The lowest BCUT2D eigenvalue weighted by molar-refractivity contribution is -0.119. The van der Waals surface area contributed by atoms with Gasteiger partial charge >= 0.3 is 0 Å². The predicted molar refractivity (Wildman–Crippen MR) is 78.4 cm³/mol. The van der Waals surface area contributed by atoms with Crippen molar-refractivity contribution in [3.63, 3.8) is 0 Å². The van der Waals surface area contributed by atoms with Crippen LogP contribution < -0.4 is 10.6 Å². The molecule has 1 fully saturated rings. The van der Waals surface area contributed by atoms with Crippen molar-refractivity contribution in [2.45, 2.75) is 37.1 Å². The Morgan fingerprint density at radius 1 is 1.30 bits per heavy atom. The van der Waals surface area contributed by atoms with Crippen LogP contribution in [-0.2, 0) is 14.6 Å². The van der Waals surface area contributed by atoms with Crippen LogP contribution in [0.4, 0.5) is 5.69 Å². The normalized spacial score (nSPS) is 14.8. The van der Waals surface area contributed by atoms with Gasteiger partial charge in [-0.1, -0.05) is 19.1 Å². The van der Waals surface area contributed by atoms with E-state index < -0.39 is 9.84 Å². The Kier molecular flexibility index (Phi) is 4.65. The molecule has 1 aliphatic carbocycles. The number of carbonyl (C=O) groups is 1. The van der Waals surface area contributed by atoms with E-state index in [1.165, 1.54) is 0 Å². The molecule has 1 aliphatic rings. The molecule has 0 aliphatic heterocycles. The summed E-state index contributed by atoms with van der Waals surface area (Å²) in [6, 6.07) is 7.02. The number of benzene rings is 1. The molecule has 0 saturated heterocycles. The maximum absolute atomic E-state index is 12.1. The first-order valence-corrected chi connectivity index (χ1v) is 8.53. The third-order valence-electron chi connectivity index (χ3n) is 3.08. The molecule has 0 unspecified atom stereocenters. The average molecular weight is 296 g/mol. The Bertz CT molecular complexity index is 580. The van der Waals surface area contributed by atoms with Crippen molar-refractivity contribution in [1.82, 2.24) is 5.32 Å². The van der Waals surface area contributed by atoms with Gasteiger partial charge in [-0.25, -0.2) is 8.42 Å². The molecule has 0 atom stereocenters. The average Bonchev–Trinajstić information content (AvgIpc) is 3.20. The summed E-state index contributed by atoms with van der Waals surface area (Å²) >= 11 is 0. The van der Waals surface area contributed by atoms with Crippen LogP contribution in [-0.4, -0.2) is 32.7 Å². The highest BCUT2D eigenvalue weighted by Gasteiger charge is 2.23. The molecule has 5 nitrogen and oxygen atoms in total. The first-order chi connectivity index (χ1) is 9.53. The molecule has 2 N–H and O–H groups in total. The Morgan fingerprint density at radius 3 is 2.65 bits per heavy atom. The van der Waals surface area contributed by atoms with Gasteiger partial charge in [-0.15, -0.1) is 0 Å². The van der Waals surface area contributed by atoms with Crippen molar-refractivity contribution in [2.75, 3.05) is 17.6 Å². The van der Waals surface area contributed by atoms with E-state index in [4.69, 9.17) is 0 Å². The van der Waals surface area contributed by atoms with Crippen molar-refractivity contribution >= 4 is 21.4 Å². The molecule has 20 heavy (non-hydrogen) atoms. The summed E-state index contributed by atoms with van der Waals surface area (Å²) in [6.45, 7) is 1.92. The quantitative estimate of drug-likeness (QED) is 0.800. The number of hydrogen-bond acceptors (Lipinski definition) is 4. The van der Waals surface area contributed by atoms with E-state index in [9.17, 15) is 13.2 Å². The van der Waals surface area contributed by atoms with Crippen molar-refractivity contribution in [3.05, 3.63) is 24.3 Å². The van der Waals surface area contributed by atoms with Crippen LogP contribution in [0.1, 0.15) is 26.2 Å². The van der Waals surface area contributed by atoms with Crippen molar-refractivity contribution in [2.24, 2.45) is 0 Å². The molecule has 0 heterocycles. The lowest BCUT2D eigenvalue weighted by Gasteiger charge is -2.12. The second-order valence-electron chi connectivity index (χ2n) is 5.01. The lowest BCUT2D eigenvalue weighted by Crippen LogP contribution is -2.31. The Morgan fingerprint density at radius 2 is 2.00 bits per heavy atom. The summed E-state index contributed by atoms with van der Waals surface area (Å²) in [6.07, 6.45) is 2.64. The van der Waals surface area contributed by atoms with Crippen LogP contribution in [0.15, 0.2) is 29.2 Å². The minimum absolute atomic E-state index is 0.0924. The zero-order chi connectivity index (χ0) is 14.6. The zero-order valence-corrected chi connectivity index (χ0v) is 12.4. The monoisotopic (exact) mass is 296 g/mol. The highest BCUT2D eigenvalue weighted by Crippen LogP contribution is 2.22. The molecule has 110 valence electrons. The molecule has 0 radical (unpaired) electrons. The van der Waals surface area contributed by atoms with Crippen LogP contribution in [0, 0.1) is 0 Å². The molecule has 1 aromatic rings. The largest absolute Gasteiger partial charge is 0.375 e. The number of carbonyl (C=O) groups excluding carboxylic acids is 1. The molecule has 1 aromatic carbocycles. The number of sulfone groups is 1. The van der Waals surface area contributed by atoms with E-state index in [-0.39, 0.29) is 23.1 Å². The molecule has 1 amide bonds. The molecule has 0 bridgehead atoms. The van der Waals surface area contributed by atoms with Gasteiger partial charge in [0.05, 0.1) is 22.9 Å². The number of nitrogens with one attached hydrogen (secondary N) is 2. The Balaban J connectivity index is 2.05. The molecule has 1 saturated carbocycles. The molecule has 0 spiro atoms. The second-order valence-corrected chi connectivity index (χ2v) is 7.09. The topological polar surface area (TPSA) is 75.3 Å². The van der Waals surface area contributed by atoms with E-state index in [2.05, 4.69) is 10.6 Å². The number of hydrogen-bond donors (Lipinski definition) is 2. The van der Waals surface area contributed by atoms with E-state index in [1.54, 1.807) is 24.3 Å². The van der Waals surface area contributed by atoms with Gasteiger partial charge in [0.15, 0.2) is 9.84 Å². The number of anilines is 1. The van der Waals surface area contributed by atoms with Gasteiger partial charge < -0.3 is 10.6 Å². The van der Waals surface area contributed by atoms with Gasteiger partial charge in [-0.2, -0.15) is 0 Å². The lowest BCUT2D eigenvalue weighted by atomic mass is 10.3. The Hall–Kier alpha value is -1.56. The van der Waals surface area contributed by atoms with Gasteiger partial charge in [0.2, 0.25) is 5.91 Å². The highest BCUT2D eigenvalue weighted by molar-refractivity contribution is 7.91. The minimum atomic E-state index is -3.29. The highest BCUT2D eigenvalue weighted by atomic mass is 32.2. The van der Waals surface area contributed by atoms with Gasteiger partial charge in [-0.05, 0) is 31.4 Å². The summed E-state index contributed by atoms with van der Waals surface area (Å²) in [5.41, 5.74) is 0.492. The summed E-state index contributed by atoms with van der Waals surface area (Å²) in [7, 11) is -3.29. The first-order valence-electron chi connectivity index (χ1n) is 6.88. The molecular formula is C14H20N2O3S. The third kappa shape index (κ3) is 3.96. The van der Waals surface area contributed by atoms with E-state index in [0.717, 1.165) is 12.8 Å². The summed E-state index contributed by atoms with van der Waals surface area (Å²) in [5, 5.41) is 5.78. The maximum Gasteiger partial charge on any atom is 0.239 e. The van der Waals surface area contributed by atoms with E-state index in [0.29, 0.717) is 18.2 Å². The smallest absolute Gasteiger partial charge is 0.239 e. The van der Waals surface area contributed by atoms with Crippen LogP contribution in [0.2, 0.25) is 0 Å². The van der Waals surface area contributed by atoms with Crippen molar-refractivity contribution in [1.29, 1.82) is 0 Å². The number of amides is 1. The van der Waals surface area contributed by atoms with Gasteiger partial charge in [0, 0.05) is 6.04 Å². The van der Waals surface area contributed by atoms with E-state index >= 15 is 0 Å². The van der Waals surface area contributed by atoms with Crippen molar-refractivity contribution < 1.29 is 13.2 Å². The predicted octanol–water partition coefficient (Wildman–Crippen LogP) is 1.56. The van der Waals surface area contributed by atoms with Crippen LogP contribution in [0.5, 0.6) is 0 Å². The molecule has 0 aromatic heterocycles. The first kappa shape index (κ1) is 14.8. The summed E-state index contributed by atoms with van der Waals surface area (Å²) in [5.74, 6) is 0.00940. The standard InChI is InChI=1S/C14H20N2O3S/c1-2-9-20(18,19)13-6-4-3-5-12(13)15-10-14(17)16-11-7-8-11/h3-6,11,15H,2,7-10H2,1H3,(H,16,17). The van der Waals surface area contributed by atoms with Gasteiger partial charge in [0.1, 0.15) is 0 Å². The minimum Gasteiger partial charge on any atom is -0.375 e.